The molecule has 2 nitrogen and oxygen atoms in total. The van der Waals surface area contributed by atoms with Crippen LogP contribution in [0.2, 0.25) is 0 Å². The van der Waals surface area contributed by atoms with Crippen LogP contribution >= 0.6 is 0 Å². The van der Waals surface area contributed by atoms with E-state index in [9.17, 15) is 0 Å². The minimum atomic E-state index is 0.176. The van der Waals surface area contributed by atoms with Crippen LogP contribution in [0.3, 0.4) is 0 Å². The maximum absolute atomic E-state index is 9.02. The van der Waals surface area contributed by atoms with E-state index in [1.165, 1.54) is 0 Å². The van der Waals surface area contributed by atoms with E-state index >= 15 is 0 Å². The van der Waals surface area contributed by atoms with Crippen molar-refractivity contribution in [2.75, 3.05) is 6.61 Å². The van der Waals surface area contributed by atoms with Gasteiger partial charge in [0.1, 0.15) is 0 Å². The predicted octanol–water partition coefficient (Wildman–Crippen LogP) is 1.67. The first-order valence-electron chi connectivity index (χ1n) is 4.29. The highest BCUT2D eigenvalue weighted by atomic mass is 16.3. The number of aliphatic hydroxyl groups is 1. The molecule has 0 aromatic rings. The topological polar surface area (TPSA) is 46.2 Å². The fraction of sp³-hybridized carbons (Fsp3) is 0.600. The average Bonchev–Trinajstić information content (AvgIpc) is 1.98. The number of hydrogen-bond donors (Lipinski definition) is 2. The molecule has 0 bridgehead atoms. The Morgan fingerprint density at radius 1 is 1.58 bits per heavy atom. The minimum absolute atomic E-state index is 0.176. The quantitative estimate of drug-likeness (QED) is 0.629. The smallest absolute Gasteiger partial charge is 0.0499 e. The van der Waals surface area contributed by atoms with E-state index in [-0.39, 0.29) is 12.5 Å². The van der Waals surface area contributed by atoms with Crippen LogP contribution in [0.4, 0.5) is 0 Å². The standard InChI is InChI=1S/C10H19NO/c1-4-5-10(7-12)8(2)6-9(3)11/h4-6,8,10,12H,7,11H2,1-3H3/b5-4-,9-6+. The Morgan fingerprint density at radius 3 is 2.50 bits per heavy atom. The molecule has 0 amide bonds. The second kappa shape index (κ2) is 5.84. The largest absolute Gasteiger partial charge is 0.403 e. The summed E-state index contributed by atoms with van der Waals surface area (Å²) in [6.45, 7) is 6.04. The predicted molar refractivity (Wildman–Crippen MR) is 52.5 cm³/mol. The van der Waals surface area contributed by atoms with Crippen LogP contribution in [0.25, 0.3) is 0 Å². The molecule has 2 unspecified atom stereocenters. The molecule has 0 aliphatic rings. The summed E-state index contributed by atoms with van der Waals surface area (Å²) in [6, 6.07) is 0. The van der Waals surface area contributed by atoms with Gasteiger partial charge in [0.2, 0.25) is 0 Å². The first-order chi connectivity index (χ1) is 5.61. The van der Waals surface area contributed by atoms with E-state index in [4.69, 9.17) is 10.8 Å². The van der Waals surface area contributed by atoms with Crippen LogP contribution in [0.15, 0.2) is 23.9 Å². The zero-order valence-corrected chi connectivity index (χ0v) is 8.12. The number of allylic oxidation sites excluding steroid dienone is 3. The summed E-state index contributed by atoms with van der Waals surface area (Å²) in [5.74, 6) is 0.490. The van der Waals surface area contributed by atoms with Crippen molar-refractivity contribution in [1.29, 1.82) is 0 Å². The van der Waals surface area contributed by atoms with E-state index < -0.39 is 0 Å². The van der Waals surface area contributed by atoms with Gasteiger partial charge in [-0.15, -0.1) is 0 Å². The molecule has 0 saturated carbocycles. The molecule has 0 heterocycles. The van der Waals surface area contributed by atoms with Gasteiger partial charge in [0.15, 0.2) is 0 Å². The Hall–Kier alpha value is -0.760. The van der Waals surface area contributed by atoms with E-state index in [0.717, 1.165) is 5.70 Å². The number of rotatable bonds is 4. The molecule has 0 aliphatic carbocycles. The fourth-order valence-electron chi connectivity index (χ4n) is 1.19. The number of hydrogen-bond acceptors (Lipinski definition) is 2. The fourth-order valence-corrected chi connectivity index (χ4v) is 1.19. The summed E-state index contributed by atoms with van der Waals surface area (Å²) in [5, 5.41) is 9.02. The number of aliphatic hydroxyl groups excluding tert-OH is 1. The molecule has 0 fully saturated rings. The summed E-state index contributed by atoms with van der Waals surface area (Å²) < 4.78 is 0. The van der Waals surface area contributed by atoms with Crippen molar-refractivity contribution in [1.82, 2.24) is 0 Å². The van der Waals surface area contributed by atoms with Crippen LogP contribution in [0, 0.1) is 11.8 Å². The molecule has 2 atom stereocenters. The summed E-state index contributed by atoms with van der Waals surface area (Å²) in [5.41, 5.74) is 6.35. The lowest BCUT2D eigenvalue weighted by Gasteiger charge is -2.14. The van der Waals surface area contributed by atoms with Gasteiger partial charge in [0, 0.05) is 18.2 Å². The maximum atomic E-state index is 9.02. The molecule has 0 aliphatic heterocycles. The zero-order valence-electron chi connectivity index (χ0n) is 8.12. The molecular formula is C10H19NO. The van der Waals surface area contributed by atoms with E-state index in [1.807, 2.05) is 32.1 Å². The Bertz CT molecular complexity index is 169. The highest BCUT2D eigenvalue weighted by molar-refractivity contribution is 5.01. The molecule has 0 aromatic carbocycles. The lowest BCUT2D eigenvalue weighted by Crippen LogP contribution is -2.12. The Balaban J connectivity index is 4.21. The first-order valence-corrected chi connectivity index (χ1v) is 4.29. The van der Waals surface area contributed by atoms with Gasteiger partial charge in [-0.1, -0.05) is 25.2 Å². The lowest BCUT2D eigenvalue weighted by molar-refractivity contribution is 0.230. The van der Waals surface area contributed by atoms with Gasteiger partial charge < -0.3 is 10.8 Å². The Kier molecular flexibility index (Phi) is 5.47. The van der Waals surface area contributed by atoms with Crippen LogP contribution in [-0.2, 0) is 0 Å². The molecule has 70 valence electrons. The molecule has 2 heteroatoms. The number of nitrogens with two attached hydrogens (primary N) is 1. The van der Waals surface area contributed by atoms with Gasteiger partial charge in [0.25, 0.3) is 0 Å². The van der Waals surface area contributed by atoms with Gasteiger partial charge in [-0.3, -0.25) is 0 Å². The molecule has 0 spiro atoms. The lowest BCUT2D eigenvalue weighted by atomic mass is 9.93. The first kappa shape index (κ1) is 11.2. The summed E-state index contributed by atoms with van der Waals surface area (Å²) >= 11 is 0. The second-order valence-corrected chi connectivity index (χ2v) is 3.14. The summed E-state index contributed by atoms with van der Waals surface area (Å²) in [7, 11) is 0. The van der Waals surface area contributed by atoms with Crippen molar-refractivity contribution in [3.05, 3.63) is 23.9 Å². The average molecular weight is 169 g/mol. The third kappa shape index (κ3) is 4.19. The van der Waals surface area contributed by atoms with Crippen molar-refractivity contribution in [3.63, 3.8) is 0 Å². The van der Waals surface area contributed by atoms with Crippen LogP contribution in [0.1, 0.15) is 20.8 Å². The van der Waals surface area contributed by atoms with Crippen molar-refractivity contribution in [3.8, 4) is 0 Å². The minimum Gasteiger partial charge on any atom is -0.403 e. The third-order valence-electron chi connectivity index (χ3n) is 1.85. The Morgan fingerprint density at radius 2 is 2.17 bits per heavy atom. The molecule has 0 radical (unpaired) electrons. The molecule has 3 N–H and O–H groups in total. The third-order valence-corrected chi connectivity index (χ3v) is 1.85. The monoisotopic (exact) mass is 169 g/mol. The summed E-state index contributed by atoms with van der Waals surface area (Å²) in [6.07, 6.45) is 5.93. The van der Waals surface area contributed by atoms with E-state index in [0.29, 0.717) is 5.92 Å². The normalized spacial score (nSPS) is 18.2. The second-order valence-electron chi connectivity index (χ2n) is 3.14. The van der Waals surface area contributed by atoms with E-state index in [2.05, 4.69) is 6.92 Å². The maximum Gasteiger partial charge on any atom is 0.0499 e. The van der Waals surface area contributed by atoms with E-state index in [1.54, 1.807) is 0 Å². The van der Waals surface area contributed by atoms with Gasteiger partial charge in [-0.25, -0.2) is 0 Å². The molecule has 0 aromatic heterocycles. The summed E-state index contributed by atoms with van der Waals surface area (Å²) in [4.78, 5) is 0. The zero-order chi connectivity index (χ0) is 9.56. The molecule has 0 rings (SSSR count). The van der Waals surface area contributed by atoms with Gasteiger partial charge in [0.05, 0.1) is 0 Å². The van der Waals surface area contributed by atoms with Crippen molar-refractivity contribution >= 4 is 0 Å². The van der Waals surface area contributed by atoms with Crippen LogP contribution < -0.4 is 5.73 Å². The molecular weight excluding hydrogens is 150 g/mol. The van der Waals surface area contributed by atoms with Gasteiger partial charge in [-0.2, -0.15) is 0 Å². The highest BCUT2D eigenvalue weighted by Gasteiger charge is 2.09. The van der Waals surface area contributed by atoms with Crippen molar-refractivity contribution in [2.24, 2.45) is 17.6 Å². The van der Waals surface area contributed by atoms with Gasteiger partial charge >= 0.3 is 0 Å². The molecule has 0 saturated heterocycles. The van der Waals surface area contributed by atoms with Crippen molar-refractivity contribution in [2.45, 2.75) is 20.8 Å². The van der Waals surface area contributed by atoms with Gasteiger partial charge in [-0.05, 0) is 19.8 Å². The van der Waals surface area contributed by atoms with Crippen LogP contribution in [0.5, 0.6) is 0 Å². The highest BCUT2D eigenvalue weighted by Crippen LogP contribution is 2.14. The van der Waals surface area contributed by atoms with Crippen molar-refractivity contribution < 1.29 is 5.11 Å². The SMILES string of the molecule is C/C=C\C(CO)C(C)/C=C(\C)N. The molecule has 12 heavy (non-hydrogen) atoms. The van der Waals surface area contributed by atoms with Crippen LogP contribution in [-0.4, -0.2) is 11.7 Å². The Labute approximate surface area is 74.8 Å².